The van der Waals surface area contributed by atoms with Crippen LogP contribution < -0.4 is 5.32 Å². The maximum Gasteiger partial charge on any atom is 0.287 e. The zero-order valence-electron chi connectivity index (χ0n) is 15.2. The third kappa shape index (κ3) is 4.01. The molecule has 0 aliphatic heterocycles. The summed E-state index contributed by atoms with van der Waals surface area (Å²) in [5, 5.41) is 6.18. The van der Waals surface area contributed by atoms with E-state index in [2.05, 4.69) is 48.6 Å². The van der Waals surface area contributed by atoms with Crippen molar-refractivity contribution in [1.82, 2.24) is 5.32 Å². The Morgan fingerprint density at radius 2 is 1.89 bits per heavy atom. The van der Waals surface area contributed by atoms with Crippen molar-refractivity contribution in [3.05, 3.63) is 83.6 Å². The van der Waals surface area contributed by atoms with Crippen LogP contribution in [0.4, 0.5) is 0 Å². The normalized spacial score (nSPS) is 11.1. The van der Waals surface area contributed by atoms with Gasteiger partial charge in [0.25, 0.3) is 5.91 Å². The van der Waals surface area contributed by atoms with Gasteiger partial charge in [0.1, 0.15) is 5.58 Å². The Labute approximate surface area is 162 Å². The number of hydrogen-bond acceptors (Lipinski definition) is 3. The number of amides is 1. The second-order valence-electron chi connectivity index (χ2n) is 6.61. The first kappa shape index (κ1) is 17.7. The fourth-order valence-corrected chi connectivity index (χ4v) is 4.03. The molecule has 0 saturated carbocycles. The fraction of sp³-hybridized carbons (Fsp3) is 0.174. The van der Waals surface area contributed by atoms with Gasteiger partial charge in [-0.15, -0.1) is 0 Å². The average Bonchev–Trinajstić information content (AvgIpc) is 3.13. The summed E-state index contributed by atoms with van der Waals surface area (Å²) in [7, 11) is 0. The standard InChI is InChI=1S/C23H21NO2S/c1-16-5-4-6-17(13-16)15-27-12-11-24-23(25)22-14-20-19-8-3-2-7-18(19)9-10-21(20)26-22/h2-10,13-14H,11-12,15H2,1H3,(H,24,25). The van der Waals surface area contributed by atoms with Gasteiger partial charge in [-0.2, -0.15) is 11.8 Å². The van der Waals surface area contributed by atoms with Crippen LogP contribution in [-0.4, -0.2) is 18.2 Å². The van der Waals surface area contributed by atoms with Crippen LogP contribution in [0.3, 0.4) is 0 Å². The van der Waals surface area contributed by atoms with Crippen LogP contribution in [0.5, 0.6) is 0 Å². The van der Waals surface area contributed by atoms with E-state index in [0.717, 1.165) is 33.2 Å². The minimum atomic E-state index is -0.161. The zero-order chi connectivity index (χ0) is 18.6. The van der Waals surface area contributed by atoms with Crippen molar-refractivity contribution in [3.8, 4) is 0 Å². The molecular weight excluding hydrogens is 354 g/mol. The van der Waals surface area contributed by atoms with Crippen molar-refractivity contribution in [2.24, 2.45) is 0 Å². The SMILES string of the molecule is Cc1cccc(CSCCNC(=O)c2cc3c(ccc4ccccc43)o2)c1. The average molecular weight is 375 g/mol. The molecule has 27 heavy (non-hydrogen) atoms. The van der Waals surface area contributed by atoms with Gasteiger partial charge in [0, 0.05) is 23.4 Å². The molecule has 4 rings (SSSR count). The summed E-state index contributed by atoms with van der Waals surface area (Å²) in [5.41, 5.74) is 3.34. The van der Waals surface area contributed by atoms with Gasteiger partial charge >= 0.3 is 0 Å². The molecule has 0 fully saturated rings. The van der Waals surface area contributed by atoms with Crippen LogP contribution >= 0.6 is 11.8 Å². The summed E-state index contributed by atoms with van der Waals surface area (Å²) < 4.78 is 5.76. The Morgan fingerprint density at radius 3 is 2.78 bits per heavy atom. The van der Waals surface area contributed by atoms with Gasteiger partial charge in [-0.25, -0.2) is 0 Å². The van der Waals surface area contributed by atoms with Crippen LogP contribution in [0.25, 0.3) is 21.7 Å². The van der Waals surface area contributed by atoms with E-state index in [1.54, 1.807) is 0 Å². The summed E-state index contributed by atoms with van der Waals surface area (Å²) in [4.78, 5) is 12.4. The molecule has 136 valence electrons. The highest BCUT2D eigenvalue weighted by Gasteiger charge is 2.13. The lowest BCUT2D eigenvalue weighted by atomic mass is 10.1. The van der Waals surface area contributed by atoms with Crippen LogP contribution in [-0.2, 0) is 5.75 Å². The van der Waals surface area contributed by atoms with Crippen molar-refractivity contribution in [3.63, 3.8) is 0 Å². The summed E-state index contributed by atoms with van der Waals surface area (Å²) in [6.07, 6.45) is 0. The third-order valence-electron chi connectivity index (χ3n) is 4.53. The molecule has 3 nitrogen and oxygen atoms in total. The maximum absolute atomic E-state index is 12.4. The summed E-state index contributed by atoms with van der Waals surface area (Å²) in [5.74, 6) is 2.02. The first-order valence-electron chi connectivity index (χ1n) is 9.03. The van der Waals surface area contributed by atoms with Crippen LogP contribution in [0.1, 0.15) is 21.7 Å². The fourth-order valence-electron chi connectivity index (χ4n) is 3.22. The van der Waals surface area contributed by atoms with Crippen molar-refractivity contribution in [2.45, 2.75) is 12.7 Å². The minimum Gasteiger partial charge on any atom is -0.451 e. The summed E-state index contributed by atoms with van der Waals surface area (Å²) in [6, 6.07) is 22.4. The highest BCUT2D eigenvalue weighted by molar-refractivity contribution is 7.98. The van der Waals surface area contributed by atoms with E-state index in [1.165, 1.54) is 11.1 Å². The predicted molar refractivity (Wildman–Crippen MR) is 113 cm³/mol. The molecule has 0 spiro atoms. The molecule has 4 aromatic rings. The predicted octanol–water partition coefficient (Wildman–Crippen LogP) is 5.56. The topological polar surface area (TPSA) is 42.2 Å². The lowest BCUT2D eigenvalue weighted by Crippen LogP contribution is -2.25. The number of benzene rings is 3. The van der Waals surface area contributed by atoms with E-state index >= 15 is 0 Å². The van der Waals surface area contributed by atoms with Crippen LogP contribution in [0.2, 0.25) is 0 Å². The molecule has 0 unspecified atom stereocenters. The molecule has 1 aromatic heterocycles. The van der Waals surface area contributed by atoms with Gasteiger partial charge in [-0.1, -0.05) is 60.2 Å². The molecule has 1 N–H and O–H groups in total. The van der Waals surface area contributed by atoms with E-state index in [1.807, 2.05) is 42.1 Å². The smallest absolute Gasteiger partial charge is 0.287 e. The molecule has 1 heterocycles. The first-order valence-corrected chi connectivity index (χ1v) is 10.2. The zero-order valence-corrected chi connectivity index (χ0v) is 16.0. The monoisotopic (exact) mass is 375 g/mol. The van der Waals surface area contributed by atoms with Crippen LogP contribution in [0, 0.1) is 6.92 Å². The van der Waals surface area contributed by atoms with Gasteiger partial charge in [-0.3, -0.25) is 4.79 Å². The Bertz CT molecular complexity index is 1100. The largest absolute Gasteiger partial charge is 0.451 e. The second-order valence-corrected chi connectivity index (χ2v) is 7.71. The van der Waals surface area contributed by atoms with Gasteiger partial charge in [0.05, 0.1) is 0 Å². The van der Waals surface area contributed by atoms with E-state index in [-0.39, 0.29) is 5.91 Å². The van der Waals surface area contributed by atoms with Gasteiger partial charge < -0.3 is 9.73 Å². The van der Waals surface area contributed by atoms with E-state index in [0.29, 0.717) is 12.3 Å². The lowest BCUT2D eigenvalue weighted by Gasteiger charge is -2.04. The number of carbonyl (C=O) groups is 1. The number of carbonyl (C=O) groups excluding carboxylic acids is 1. The molecule has 3 aromatic carbocycles. The molecule has 0 atom stereocenters. The van der Waals surface area contributed by atoms with Gasteiger partial charge in [-0.05, 0) is 35.4 Å². The van der Waals surface area contributed by atoms with Gasteiger partial charge in [0.2, 0.25) is 0 Å². The number of aryl methyl sites for hydroxylation is 1. The number of hydrogen-bond donors (Lipinski definition) is 1. The van der Waals surface area contributed by atoms with E-state index in [4.69, 9.17) is 4.42 Å². The highest BCUT2D eigenvalue weighted by Crippen LogP contribution is 2.28. The highest BCUT2D eigenvalue weighted by atomic mass is 32.2. The Hall–Kier alpha value is -2.72. The summed E-state index contributed by atoms with van der Waals surface area (Å²) >= 11 is 1.81. The van der Waals surface area contributed by atoms with Crippen molar-refractivity contribution in [2.75, 3.05) is 12.3 Å². The molecule has 1 amide bonds. The molecule has 0 aliphatic carbocycles. The molecule has 0 aliphatic rings. The van der Waals surface area contributed by atoms with E-state index in [9.17, 15) is 4.79 Å². The molecule has 4 heteroatoms. The molecule has 0 radical (unpaired) electrons. The molecular formula is C23H21NO2S. The Balaban J connectivity index is 1.35. The number of rotatable bonds is 6. The van der Waals surface area contributed by atoms with E-state index < -0.39 is 0 Å². The third-order valence-corrected chi connectivity index (χ3v) is 5.56. The molecule has 0 saturated heterocycles. The maximum atomic E-state index is 12.4. The summed E-state index contributed by atoms with van der Waals surface area (Å²) in [6.45, 7) is 2.72. The number of nitrogens with one attached hydrogen (secondary N) is 1. The van der Waals surface area contributed by atoms with Crippen molar-refractivity contribution in [1.29, 1.82) is 0 Å². The molecule has 0 bridgehead atoms. The van der Waals surface area contributed by atoms with Crippen molar-refractivity contribution < 1.29 is 9.21 Å². The lowest BCUT2D eigenvalue weighted by molar-refractivity contribution is 0.0930. The second kappa shape index (κ2) is 7.89. The number of thioether (sulfide) groups is 1. The Morgan fingerprint density at radius 1 is 1.00 bits per heavy atom. The number of fused-ring (bicyclic) bond motifs is 3. The number of furan rings is 1. The quantitative estimate of drug-likeness (QED) is 0.449. The van der Waals surface area contributed by atoms with Gasteiger partial charge in [0.15, 0.2) is 5.76 Å². The van der Waals surface area contributed by atoms with Crippen LogP contribution in [0.15, 0.2) is 71.1 Å². The van der Waals surface area contributed by atoms with Crippen molar-refractivity contribution >= 4 is 39.4 Å². The first-order chi connectivity index (χ1) is 13.2. The Kier molecular flexibility index (Phi) is 5.16. The minimum absolute atomic E-state index is 0.161.